The molecule has 1 aromatic carbocycles. The van der Waals surface area contributed by atoms with Crippen molar-refractivity contribution in [2.45, 2.75) is 11.9 Å². The van der Waals surface area contributed by atoms with Crippen molar-refractivity contribution in [3.8, 4) is 5.75 Å². The van der Waals surface area contributed by atoms with E-state index in [4.69, 9.17) is 4.74 Å². The van der Waals surface area contributed by atoms with Gasteiger partial charge in [-0.2, -0.15) is 5.10 Å². The van der Waals surface area contributed by atoms with E-state index in [0.29, 0.717) is 11.2 Å². The van der Waals surface area contributed by atoms with E-state index in [-0.39, 0.29) is 18.2 Å². The van der Waals surface area contributed by atoms with Crippen molar-refractivity contribution in [3.63, 3.8) is 0 Å². The normalized spacial score (nSPS) is 10.5. The van der Waals surface area contributed by atoms with Crippen molar-refractivity contribution in [2.24, 2.45) is 7.05 Å². The topological polar surface area (TPSA) is 39.9 Å². The number of alkyl halides is 1. The van der Waals surface area contributed by atoms with E-state index in [1.807, 2.05) is 6.07 Å². The maximum atomic E-state index is 13.6. The Labute approximate surface area is 107 Å². The number of rotatable bonds is 4. The lowest BCUT2D eigenvalue weighted by atomic mass is 10.2. The van der Waals surface area contributed by atoms with Gasteiger partial charge in [0.05, 0.1) is 0 Å². The summed E-state index contributed by atoms with van der Waals surface area (Å²) in [5.74, 6) is 0.496. The largest absolute Gasteiger partial charge is 0.483 e. The summed E-state index contributed by atoms with van der Waals surface area (Å²) < 4.78 is 20.5. The van der Waals surface area contributed by atoms with Crippen LogP contribution in [0.15, 0.2) is 24.5 Å². The zero-order valence-electron chi connectivity index (χ0n) is 9.23. The molecule has 1 heterocycles. The summed E-state index contributed by atoms with van der Waals surface area (Å²) in [7, 11) is 1.76. The van der Waals surface area contributed by atoms with Crippen LogP contribution in [0.25, 0.3) is 0 Å². The van der Waals surface area contributed by atoms with Gasteiger partial charge in [0.25, 0.3) is 0 Å². The van der Waals surface area contributed by atoms with Gasteiger partial charge >= 0.3 is 0 Å². The molecule has 0 unspecified atom stereocenters. The number of ether oxygens (including phenoxy) is 1. The summed E-state index contributed by atoms with van der Waals surface area (Å²) in [6, 6.07) is 4.87. The average Bonchev–Trinajstić information content (AvgIpc) is 2.73. The molecule has 2 rings (SSSR count). The Hall–Kier alpha value is -1.43. The molecule has 17 heavy (non-hydrogen) atoms. The Morgan fingerprint density at radius 3 is 2.88 bits per heavy atom. The fraction of sp³-hybridized carbons (Fsp3) is 0.273. The third kappa shape index (κ3) is 2.82. The number of aryl methyl sites for hydroxylation is 1. The van der Waals surface area contributed by atoms with Gasteiger partial charge in [0, 0.05) is 12.4 Å². The molecule has 0 N–H and O–H groups in total. The Morgan fingerprint density at radius 1 is 1.47 bits per heavy atom. The molecule has 1 aromatic heterocycles. The fourth-order valence-corrected chi connectivity index (χ4v) is 1.69. The van der Waals surface area contributed by atoms with Crippen LogP contribution in [0.4, 0.5) is 4.39 Å². The molecule has 0 aliphatic rings. The summed E-state index contributed by atoms with van der Waals surface area (Å²) in [6.07, 6.45) is 1.43. The van der Waals surface area contributed by atoms with Crippen LogP contribution in [-0.2, 0) is 19.0 Å². The second-order valence-corrected chi connectivity index (χ2v) is 4.05. The molecule has 0 saturated heterocycles. The van der Waals surface area contributed by atoms with Crippen LogP contribution in [0.3, 0.4) is 0 Å². The van der Waals surface area contributed by atoms with Crippen LogP contribution in [0.5, 0.6) is 5.75 Å². The summed E-state index contributed by atoms with van der Waals surface area (Å²) >= 11 is 3.27. The van der Waals surface area contributed by atoms with E-state index in [0.717, 1.165) is 5.56 Å². The molecule has 0 aliphatic carbocycles. The number of benzene rings is 1. The second-order valence-electron chi connectivity index (χ2n) is 3.49. The van der Waals surface area contributed by atoms with Crippen LogP contribution in [0.1, 0.15) is 11.4 Å². The molecule has 0 amide bonds. The van der Waals surface area contributed by atoms with E-state index in [2.05, 4.69) is 26.0 Å². The minimum Gasteiger partial charge on any atom is -0.483 e. The molecule has 6 heteroatoms. The third-order valence-electron chi connectivity index (χ3n) is 2.31. The minimum absolute atomic E-state index is 0.196. The van der Waals surface area contributed by atoms with E-state index in [1.54, 1.807) is 17.8 Å². The number of halogens is 2. The maximum Gasteiger partial charge on any atom is 0.165 e. The van der Waals surface area contributed by atoms with Crippen LogP contribution < -0.4 is 4.74 Å². The van der Waals surface area contributed by atoms with Gasteiger partial charge in [-0.3, -0.25) is 4.68 Å². The Bertz CT molecular complexity index is 515. The summed E-state index contributed by atoms with van der Waals surface area (Å²) in [5.41, 5.74) is 0.869. The first-order valence-corrected chi connectivity index (χ1v) is 6.13. The molecule has 0 spiro atoms. The first-order valence-electron chi connectivity index (χ1n) is 5.01. The van der Waals surface area contributed by atoms with E-state index < -0.39 is 0 Å². The van der Waals surface area contributed by atoms with Crippen molar-refractivity contribution in [1.82, 2.24) is 14.8 Å². The van der Waals surface area contributed by atoms with Gasteiger partial charge in [-0.15, -0.1) is 0 Å². The van der Waals surface area contributed by atoms with E-state index in [1.165, 1.54) is 12.4 Å². The Morgan fingerprint density at radius 2 is 2.29 bits per heavy atom. The molecule has 0 bridgehead atoms. The quantitative estimate of drug-likeness (QED) is 0.814. The predicted octanol–water partition coefficient (Wildman–Crippen LogP) is 2.43. The third-order valence-corrected chi connectivity index (χ3v) is 2.96. The van der Waals surface area contributed by atoms with Crippen molar-refractivity contribution >= 4 is 15.9 Å². The first-order chi connectivity index (χ1) is 8.20. The lowest BCUT2D eigenvalue weighted by molar-refractivity contribution is 0.275. The lowest BCUT2D eigenvalue weighted by Crippen LogP contribution is -2.05. The van der Waals surface area contributed by atoms with Crippen LogP contribution in [0, 0.1) is 5.82 Å². The smallest absolute Gasteiger partial charge is 0.165 e. The van der Waals surface area contributed by atoms with Crippen molar-refractivity contribution in [2.75, 3.05) is 0 Å². The first kappa shape index (κ1) is 12.0. The molecule has 0 atom stereocenters. The van der Waals surface area contributed by atoms with E-state index >= 15 is 0 Å². The highest BCUT2D eigenvalue weighted by Gasteiger charge is 2.06. The molecule has 2 aromatic rings. The van der Waals surface area contributed by atoms with Gasteiger partial charge < -0.3 is 4.74 Å². The average molecular weight is 300 g/mol. The number of nitrogens with zero attached hydrogens (tertiary/aromatic N) is 3. The second kappa shape index (κ2) is 5.27. The van der Waals surface area contributed by atoms with Crippen molar-refractivity contribution in [3.05, 3.63) is 41.7 Å². The number of hydrogen-bond donors (Lipinski definition) is 0. The van der Waals surface area contributed by atoms with Gasteiger partial charge in [-0.05, 0) is 17.7 Å². The van der Waals surface area contributed by atoms with Gasteiger partial charge in [0.2, 0.25) is 0 Å². The predicted molar refractivity (Wildman–Crippen MR) is 64.4 cm³/mol. The molecule has 4 nitrogen and oxygen atoms in total. The SMILES string of the molecule is Cn1ncnc1COc1ccc(CBr)cc1F. The minimum atomic E-state index is -0.371. The Balaban J connectivity index is 2.07. The van der Waals surface area contributed by atoms with Gasteiger partial charge in [0.1, 0.15) is 12.9 Å². The summed E-state index contributed by atoms with van der Waals surface area (Å²) in [6.45, 7) is 0.196. The number of aromatic nitrogens is 3. The van der Waals surface area contributed by atoms with Gasteiger partial charge in [-0.25, -0.2) is 9.37 Å². The molecular weight excluding hydrogens is 289 g/mol. The van der Waals surface area contributed by atoms with Crippen molar-refractivity contribution in [1.29, 1.82) is 0 Å². The maximum absolute atomic E-state index is 13.6. The van der Waals surface area contributed by atoms with Crippen LogP contribution >= 0.6 is 15.9 Å². The fourth-order valence-electron chi connectivity index (χ4n) is 1.34. The van der Waals surface area contributed by atoms with Crippen LogP contribution in [-0.4, -0.2) is 14.8 Å². The lowest BCUT2D eigenvalue weighted by Gasteiger charge is -2.07. The standard InChI is InChI=1S/C11H11BrFN3O/c1-16-11(14-7-15-16)6-17-10-3-2-8(5-12)4-9(10)13/h2-4,7H,5-6H2,1H3. The van der Waals surface area contributed by atoms with E-state index in [9.17, 15) is 4.39 Å². The summed E-state index contributed by atoms with van der Waals surface area (Å²) in [5, 5.41) is 4.52. The highest BCUT2D eigenvalue weighted by atomic mass is 79.9. The van der Waals surface area contributed by atoms with Gasteiger partial charge in [-0.1, -0.05) is 22.0 Å². The molecule has 0 radical (unpaired) electrons. The molecule has 0 fully saturated rings. The highest BCUT2D eigenvalue weighted by molar-refractivity contribution is 9.08. The zero-order valence-corrected chi connectivity index (χ0v) is 10.8. The molecule has 90 valence electrons. The number of hydrogen-bond acceptors (Lipinski definition) is 3. The van der Waals surface area contributed by atoms with Crippen LogP contribution in [0.2, 0.25) is 0 Å². The molecule has 0 saturated carbocycles. The van der Waals surface area contributed by atoms with Crippen molar-refractivity contribution < 1.29 is 9.13 Å². The molecule has 0 aliphatic heterocycles. The Kier molecular flexibility index (Phi) is 3.73. The van der Waals surface area contributed by atoms with Gasteiger partial charge in [0.15, 0.2) is 17.4 Å². The highest BCUT2D eigenvalue weighted by Crippen LogP contribution is 2.20. The zero-order chi connectivity index (χ0) is 12.3. The molecular formula is C11H11BrFN3O. The summed E-state index contributed by atoms with van der Waals surface area (Å²) in [4.78, 5) is 3.99. The monoisotopic (exact) mass is 299 g/mol.